The van der Waals surface area contributed by atoms with E-state index in [2.05, 4.69) is 14.9 Å². The molecule has 1 aliphatic heterocycles. The summed E-state index contributed by atoms with van der Waals surface area (Å²) < 4.78 is 10.9. The summed E-state index contributed by atoms with van der Waals surface area (Å²) >= 11 is 5.88. The first-order valence-electron chi connectivity index (χ1n) is 5.98. The molecule has 2 unspecified atom stereocenters. The Kier molecular flexibility index (Phi) is 4.24. The Bertz CT molecular complexity index is 416. The molecular weight excluding hydrogens is 254 g/mol. The Morgan fingerprint density at radius 3 is 2.94 bits per heavy atom. The first-order chi connectivity index (χ1) is 8.62. The van der Waals surface area contributed by atoms with Crippen LogP contribution in [0.25, 0.3) is 0 Å². The van der Waals surface area contributed by atoms with Gasteiger partial charge in [0.2, 0.25) is 5.88 Å². The number of methoxy groups -OCH3 is 1. The predicted molar refractivity (Wildman–Crippen MR) is 70.6 cm³/mol. The number of alkyl halides is 1. The molecule has 1 aromatic rings. The molecule has 2 heterocycles. The van der Waals surface area contributed by atoms with Gasteiger partial charge in [-0.25, -0.2) is 4.98 Å². The highest BCUT2D eigenvalue weighted by Gasteiger charge is 2.26. The number of aryl methyl sites for hydroxylation is 1. The Morgan fingerprint density at radius 2 is 2.28 bits per heavy atom. The van der Waals surface area contributed by atoms with Gasteiger partial charge >= 0.3 is 0 Å². The Hall–Kier alpha value is -1.07. The highest BCUT2D eigenvalue weighted by molar-refractivity contribution is 6.18. The number of morpholine rings is 1. The van der Waals surface area contributed by atoms with Crippen LogP contribution in [0.2, 0.25) is 0 Å². The fourth-order valence-corrected chi connectivity index (χ4v) is 2.28. The summed E-state index contributed by atoms with van der Waals surface area (Å²) in [6.45, 7) is 5.44. The van der Waals surface area contributed by atoms with Crippen LogP contribution < -0.4 is 9.64 Å². The number of nitrogens with zero attached hydrogens (tertiary/aromatic N) is 3. The molecule has 1 aromatic heterocycles. The highest BCUT2D eigenvalue weighted by Crippen LogP contribution is 2.22. The van der Waals surface area contributed by atoms with Gasteiger partial charge in [0, 0.05) is 19.2 Å². The summed E-state index contributed by atoms with van der Waals surface area (Å²) in [7, 11) is 1.61. The maximum atomic E-state index is 5.88. The molecule has 2 atom stereocenters. The van der Waals surface area contributed by atoms with E-state index in [1.165, 1.54) is 0 Å². The fraction of sp³-hybridized carbons (Fsp3) is 0.667. The third-order valence-corrected chi connectivity index (χ3v) is 3.18. The van der Waals surface area contributed by atoms with Gasteiger partial charge in [0.25, 0.3) is 0 Å². The lowest BCUT2D eigenvalue weighted by atomic mass is 10.2. The van der Waals surface area contributed by atoms with Crippen LogP contribution in [0.15, 0.2) is 6.07 Å². The normalized spacial score (nSPS) is 24.1. The minimum Gasteiger partial charge on any atom is -0.481 e. The van der Waals surface area contributed by atoms with Gasteiger partial charge in [-0.1, -0.05) is 0 Å². The fourth-order valence-electron chi connectivity index (χ4n) is 2.11. The molecule has 0 bridgehead atoms. The van der Waals surface area contributed by atoms with Crippen molar-refractivity contribution in [1.82, 2.24) is 9.97 Å². The SMILES string of the molecule is COc1cc(N2CC(C)OC(CCl)C2)nc(C)n1. The standard InChI is InChI=1S/C12H18ClN3O2/c1-8-6-16(7-10(5-13)18-8)11-4-12(17-3)15-9(2)14-11/h4,8,10H,5-7H2,1-3H3. The van der Waals surface area contributed by atoms with Crippen LogP contribution in [-0.4, -0.2) is 48.3 Å². The maximum Gasteiger partial charge on any atom is 0.218 e. The largest absolute Gasteiger partial charge is 0.481 e. The maximum absolute atomic E-state index is 5.88. The zero-order chi connectivity index (χ0) is 13.1. The second kappa shape index (κ2) is 5.71. The van der Waals surface area contributed by atoms with Gasteiger partial charge in [0.05, 0.1) is 25.2 Å². The molecule has 18 heavy (non-hydrogen) atoms. The van der Waals surface area contributed by atoms with Gasteiger partial charge in [-0.15, -0.1) is 11.6 Å². The molecule has 0 radical (unpaired) electrons. The molecule has 0 N–H and O–H groups in total. The van der Waals surface area contributed by atoms with Crippen molar-refractivity contribution >= 4 is 17.4 Å². The lowest BCUT2D eigenvalue weighted by Crippen LogP contribution is -2.47. The molecule has 100 valence electrons. The van der Waals surface area contributed by atoms with Gasteiger partial charge in [-0.2, -0.15) is 4.98 Å². The van der Waals surface area contributed by atoms with E-state index < -0.39 is 0 Å². The molecule has 0 saturated carbocycles. The average molecular weight is 272 g/mol. The van der Waals surface area contributed by atoms with E-state index in [9.17, 15) is 0 Å². The smallest absolute Gasteiger partial charge is 0.218 e. The van der Waals surface area contributed by atoms with Gasteiger partial charge in [0.15, 0.2) is 0 Å². The summed E-state index contributed by atoms with van der Waals surface area (Å²) in [5, 5.41) is 0. The van der Waals surface area contributed by atoms with Crippen LogP contribution in [0.3, 0.4) is 0 Å². The molecule has 0 amide bonds. The molecular formula is C12H18ClN3O2. The minimum atomic E-state index is 0.0386. The van der Waals surface area contributed by atoms with Crippen LogP contribution in [0.5, 0.6) is 5.88 Å². The summed E-state index contributed by atoms with van der Waals surface area (Å²) in [5.41, 5.74) is 0. The van der Waals surface area contributed by atoms with E-state index in [0.29, 0.717) is 17.6 Å². The van der Waals surface area contributed by atoms with E-state index in [0.717, 1.165) is 18.9 Å². The van der Waals surface area contributed by atoms with E-state index >= 15 is 0 Å². The zero-order valence-corrected chi connectivity index (χ0v) is 11.6. The second-order valence-electron chi connectivity index (χ2n) is 4.44. The number of hydrogen-bond donors (Lipinski definition) is 0. The molecule has 0 aliphatic carbocycles. The number of ether oxygens (including phenoxy) is 2. The van der Waals surface area contributed by atoms with Crippen molar-refractivity contribution in [2.24, 2.45) is 0 Å². The molecule has 1 aliphatic rings. The number of halogens is 1. The lowest BCUT2D eigenvalue weighted by molar-refractivity contribution is -0.00360. The van der Waals surface area contributed by atoms with Crippen molar-refractivity contribution in [2.75, 3.05) is 31.0 Å². The lowest BCUT2D eigenvalue weighted by Gasteiger charge is -2.36. The van der Waals surface area contributed by atoms with Gasteiger partial charge in [-0.3, -0.25) is 0 Å². The van der Waals surface area contributed by atoms with E-state index in [1.54, 1.807) is 7.11 Å². The van der Waals surface area contributed by atoms with Crippen molar-refractivity contribution in [2.45, 2.75) is 26.1 Å². The highest BCUT2D eigenvalue weighted by atomic mass is 35.5. The Balaban J connectivity index is 2.21. The van der Waals surface area contributed by atoms with E-state index in [-0.39, 0.29) is 12.2 Å². The molecule has 1 fully saturated rings. The molecule has 6 heteroatoms. The molecule has 0 aromatic carbocycles. The Labute approximate surface area is 112 Å². The van der Waals surface area contributed by atoms with Crippen LogP contribution in [0.4, 0.5) is 5.82 Å². The summed E-state index contributed by atoms with van der Waals surface area (Å²) in [6, 6.07) is 1.84. The third kappa shape index (κ3) is 3.03. The number of hydrogen-bond acceptors (Lipinski definition) is 5. The molecule has 1 saturated heterocycles. The number of aromatic nitrogens is 2. The van der Waals surface area contributed by atoms with Gasteiger partial charge < -0.3 is 14.4 Å². The van der Waals surface area contributed by atoms with E-state index in [1.807, 2.05) is 19.9 Å². The topological polar surface area (TPSA) is 47.5 Å². The summed E-state index contributed by atoms with van der Waals surface area (Å²) in [4.78, 5) is 10.8. The zero-order valence-electron chi connectivity index (χ0n) is 10.9. The molecule has 2 rings (SSSR count). The molecule has 0 spiro atoms. The monoisotopic (exact) mass is 271 g/mol. The van der Waals surface area contributed by atoms with Crippen LogP contribution in [-0.2, 0) is 4.74 Å². The summed E-state index contributed by atoms with van der Waals surface area (Å²) in [5.74, 6) is 2.64. The predicted octanol–water partition coefficient (Wildman–Crippen LogP) is 1.63. The van der Waals surface area contributed by atoms with Crippen molar-refractivity contribution < 1.29 is 9.47 Å². The number of rotatable bonds is 3. The van der Waals surface area contributed by atoms with Crippen molar-refractivity contribution in [1.29, 1.82) is 0 Å². The van der Waals surface area contributed by atoms with Gasteiger partial charge in [-0.05, 0) is 13.8 Å². The van der Waals surface area contributed by atoms with Crippen molar-refractivity contribution in [3.63, 3.8) is 0 Å². The van der Waals surface area contributed by atoms with Crippen LogP contribution in [0.1, 0.15) is 12.7 Å². The average Bonchev–Trinajstić information content (AvgIpc) is 2.37. The van der Waals surface area contributed by atoms with Crippen LogP contribution in [0, 0.1) is 6.92 Å². The second-order valence-corrected chi connectivity index (χ2v) is 4.75. The number of anilines is 1. The minimum absolute atomic E-state index is 0.0386. The first kappa shape index (κ1) is 13.4. The van der Waals surface area contributed by atoms with Crippen molar-refractivity contribution in [3.8, 4) is 5.88 Å². The Morgan fingerprint density at radius 1 is 1.50 bits per heavy atom. The quantitative estimate of drug-likeness (QED) is 0.782. The summed E-state index contributed by atoms with van der Waals surface area (Å²) in [6.07, 6.45) is 0.181. The molecule has 5 nitrogen and oxygen atoms in total. The van der Waals surface area contributed by atoms with Crippen LogP contribution >= 0.6 is 11.6 Å². The van der Waals surface area contributed by atoms with Crippen molar-refractivity contribution in [3.05, 3.63) is 11.9 Å². The first-order valence-corrected chi connectivity index (χ1v) is 6.52. The van der Waals surface area contributed by atoms with E-state index in [4.69, 9.17) is 21.1 Å². The van der Waals surface area contributed by atoms with Gasteiger partial charge in [0.1, 0.15) is 11.6 Å². The third-order valence-electron chi connectivity index (χ3n) is 2.83.